The second-order valence-corrected chi connectivity index (χ2v) is 7.12. The van der Waals surface area contributed by atoms with E-state index < -0.39 is 5.97 Å². The summed E-state index contributed by atoms with van der Waals surface area (Å²) in [6, 6.07) is 9.27. The number of carbonyl (C=O) groups is 1. The highest BCUT2D eigenvalue weighted by molar-refractivity contribution is 7.99. The highest BCUT2D eigenvalue weighted by Gasteiger charge is 2.21. The summed E-state index contributed by atoms with van der Waals surface area (Å²) in [6.07, 6.45) is 0. The molecule has 0 saturated heterocycles. The molecule has 0 fully saturated rings. The van der Waals surface area contributed by atoms with Gasteiger partial charge in [0.2, 0.25) is 0 Å². The van der Waals surface area contributed by atoms with E-state index in [1.54, 1.807) is 16.8 Å². The lowest BCUT2D eigenvalue weighted by molar-refractivity contribution is -0.133. The summed E-state index contributed by atoms with van der Waals surface area (Å²) in [6.45, 7) is 6.23. The van der Waals surface area contributed by atoms with Crippen LogP contribution in [0.1, 0.15) is 26.5 Å². The van der Waals surface area contributed by atoms with Crippen molar-refractivity contribution in [1.29, 1.82) is 0 Å². The molecule has 0 bridgehead atoms. The summed E-state index contributed by atoms with van der Waals surface area (Å²) < 4.78 is 1.77. The fraction of sp³-hybridized carbons (Fsp3) is 0.333. The van der Waals surface area contributed by atoms with Gasteiger partial charge < -0.3 is 5.11 Å². The van der Waals surface area contributed by atoms with Gasteiger partial charge in [-0.05, 0) is 30.3 Å². The van der Waals surface area contributed by atoms with Crippen molar-refractivity contribution in [3.8, 4) is 5.69 Å². The first kappa shape index (κ1) is 15.9. The summed E-state index contributed by atoms with van der Waals surface area (Å²) in [4.78, 5) is 10.8. The predicted octanol–water partition coefficient (Wildman–Crippen LogP) is 4.00. The van der Waals surface area contributed by atoms with Crippen LogP contribution in [0.4, 0.5) is 0 Å². The number of aromatic nitrogens is 2. The summed E-state index contributed by atoms with van der Waals surface area (Å²) >= 11 is 7.17. The van der Waals surface area contributed by atoms with E-state index in [-0.39, 0.29) is 11.2 Å². The first-order valence-corrected chi connectivity index (χ1v) is 7.85. The van der Waals surface area contributed by atoms with Crippen LogP contribution in [-0.4, -0.2) is 26.6 Å². The molecule has 4 nitrogen and oxygen atoms in total. The molecule has 0 spiro atoms. The minimum absolute atomic E-state index is 0.00284. The first-order valence-electron chi connectivity index (χ1n) is 6.48. The number of nitrogens with zero attached hydrogens (tertiary/aromatic N) is 2. The molecule has 0 aliphatic rings. The fourth-order valence-corrected chi connectivity index (χ4v) is 2.60. The molecule has 0 atom stereocenters. The summed E-state index contributed by atoms with van der Waals surface area (Å²) in [5, 5.41) is 15.0. The van der Waals surface area contributed by atoms with Crippen LogP contribution in [-0.2, 0) is 10.2 Å². The van der Waals surface area contributed by atoms with E-state index >= 15 is 0 Å². The van der Waals surface area contributed by atoms with Crippen LogP contribution in [0.25, 0.3) is 5.69 Å². The molecule has 0 aliphatic carbocycles. The number of halogens is 1. The van der Waals surface area contributed by atoms with Crippen molar-refractivity contribution >= 4 is 29.3 Å². The number of hydrogen-bond donors (Lipinski definition) is 1. The van der Waals surface area contributed by atoms with Gasteiger partial charge in [0.25, 0.3) is 0 Å². The summed E-state index contributed by atoms with van der Waals surface area (Å²) in [5.74, 6) is -0.843. The van der Waals surface area contributed by atoms with E-state index in [2.05, 4.69) is 25.9 Å². The van der Waals surface area contributed by atoms with Gasteiger partial charge in [-0.3, -0.25) is 4.79 Å². The Kier molecular flexibility index (Phi) is 4.64. The molecular weight excluding hydrogens is 308 g/mol. The van der Waals surface area contributed by atoms with Crippen molar-refractivity contribution in [3.63, 3.8) is 0 Å². The van der Waals surface area contributed by atoms with Gasteiger partial charge in [-0.1, -0.05) is 44.1 Å². The van der Waals surface area contributed by atoms with Crippen molar-refractivity contribution in [3.05, 3.63) is 41.0 Å². The summed E-state index contributed by atoms with van der Waals surface area (Å²) in [5.41, 5.74) is 1.68. The van der Waals surface area contributed by atoms with E-state index in [9.17, 15) is 4.79 Å². The predicted molar refractivity (Wildman–Crippen MR) is 85.6 cm³/mol. The number of carboxylic acids is 1. The van der Waals surface area contributed by atoms with Crippen molar-refractivity contribution in [2.24, 2.45) is 0 Å². The molecule has 0 radical (unpaired) electrons. The lowest BCUT2D eigenvalue weighted by Gasteiger charge is -2.14. The number of rotatable bonds is 4. The van der Waals surface area contributed by atoms with Crippen LogP contribution >= 0.6 is 23.4 Å². The van der Waals surface area contributed by atoms with Crippen LogP contribution in [0.15, 0.2) is 35.4 Å². The van der Waals surface area contributed by atoms with Gasteiger partial charge in [0, 0.05) is 10.4 Å². The van der Waals surface area contributed by atoms with Gasteiger partial charge in [-0.25, -0.2) is 4.68 Å². The first-order chi connectivity index (χ1) is 9.77. The molecule has 2 aromatic rings. The third-order valence-corrected chi connectivity index (χ3v) is 4.09. The molecule has 21 heavy (non-hydrogen) atoms. The molecule has 1 heterocycles. The normalized spacial score (nSPS) is 11.6. The third-order valence-electron chi connectivity index (χ3n) is 2.86. The lowest BCUT2D eigenvalue weighted by atomic mass is 9.93. The third kappa shape index (κ3) is 4.02. The maximum atomic E-state index is 10.8. The monoisotopic (exact) mass is 324 g/mol. The van der Waals surface area contributed by atoms with Crippen LogP contribution in [0, 0.1) is 0 Å². The number of thioether (sulfide) groups is 1. The minimum Gasteiger partial charge on any atom is -0.481 e. The second kappa shape index (κ2) is 6.12. The largest absolute Gasteiger partial charge is 0.481 e. The van der Waals surface area contributed by atoms with E-state index in [0.29, 0.717) is 5.02 Å². The highest BCUT2D eigenvalue weighted by Crippen LogP contribution is 2.29. The molecule has 6 heteroatoms. The van der Waals surface area contributed by atoms with Gasteiger partial charge in [0.1, 0.15) is 5.03 Å². The van der Waals surface area contributed by atoms with Gasteiger partial charge >= 0.3 is 5.97 Å². The molecule has 1 N–H and O–H groups in total. The van der Waals surface area contributed by atoms with E-state index in [4.69, 9.17) is 16.7 Å². The SMILES string of the molecule is CC(C)(C)c1cc(SCC(=O)O)n(-c2ccc(Cl)cc2)n1. The van der Waals surface area contributed by atoms with E-state index in [1.165, 1.54) is 11.8 Å². The standard InChI is InChI=1S/C15H17ClN2O2S/c1-15(2,3)12-8-13(21-9-14(19)20)18(17-12)11-6-4-10(16)5-7-11/h4-8H,9H2,1-3H3,(H,19,20). The fourth-order valence-electron chi connectivity index (χ4n) is 1.74. The Bertz CT molecular complexity index is 645. The van der Waals surface area contributed by atoms with Gasteiger partial charge in [0.05, 0.1) is 17.1 Å². The quantitative estimate of drug-likeness (QED) is 0.864. The number of aliphatic carboxylic acids is 1. The van der Waals surface area contributed by atoms with Crippen LogP contribution in [0.5, 0.6) is 0 Å². The average Bonchev–Trinajstić information content (AvgIpc) is 2.81. The Morgan fingerprint density at radius 1 is 1.33 bits per heavy atom. The zero-order valence-electron chi connectivity index (χ0n) is 12.1. The molecule has 1 aromatic carbocycles. The molecule has 0 unspecified atom stereocenters. The minimum atomic E-state index is -0.846. The smallest absolute Gasteiger partial charge is 0.313 e. The average molecular weight is 325 g/mol. The van der Waals surface area contributed by atoms with Gasteiger partial charge in [-0.15, -0.1) is 0 Å². The Balaban J connectivity index is 2.43. The number of benzene rings is 1. The van der Waals surface area contributed by atoms with E-state index in [1.807, 2.05) is 18.2 Å². The summed E-state index contributed by atoms with van der Waals surface area (Å²) in [7, 11) is 0. The lowest BCUT2D eigenvalue weighted by Crippen LogP contribution is -2.12. The van der Waals surface area contributed by atoms with Crippen molar-refractivity contribution in [1.82, 2.24) is 9.78 Å². The zero-order valence-corrected chi connectivity index (χ0v) is 13.7. The Labute approximate surface area is 133 Å². The zero-order chi connectivity index (χ0) is 15.6. The Morgan fingerprint density at radius 3 is 2.48 bits per heavy atom. The number of hydrogen-bond acceptors (Lipinski definition) is 3. The maximum absolute atomic E-state index is 10.8. The highest BCUT2D eigenvalue weighted by atomic mass is 35.5. The molecule has 112 valence electrons. The molecule has 2 rings (SSSR count). The molecule has 0 amide bonds. The van der Waals surface area contributed by atoms with Crippen LogP contribution in [0.2, 0.25) is 5.02 Å². The van der Waals surface area contributed by atoms with E-state index in [0.717, 1.165) is 16.4 Å². The van der Waals surface area contributed by atoms with Gasteiger partial charge in [-0.2, -0.15) is 5.10 Å². The maximum Gasteiger partial charge on any atom is 0.313 e. The molecule has 0 saturated carbocycles. The second-order valence-electron chi connectivity index (χ2n) is 5.69. The molecular formula is C15H17ClN2O2S. The van der Waals surface area contributed by atoms with Crippen molar-refractivity contribution < 1.29 is 9.90 Å². The number of carboxylic acid groups (broad SMARTS) is 1. The topological polar surface area (TPSA) is 55.1 Å². The van der Waals surface area contributed by atoms with Gasteiger partial charge in [0.15, 0.2) is 0 Å². The molecule has 1 aromatic heterocycles. The van der Waals surface area contributed by atoms with Crippen LogP contribution < -0.4 is 0 Å². The Hall–Kier alpha value is -1.46. The Morgan fingerprint density at radius 2 is 1.95 bits per heavy atom. The van der Waals surface area contributed by atoms with Crippen molar-refractivity contribution in [2.45, 2.75) is 31.2 Å². The van der Waals surface area contributed by atoms with Crippen LogP contribution in [0.3, 0.4) is 0 Å². The van der Waals surface area contributed by atoms with Crippen molar-refractivity contribution in [2.75, 3.05) is 5.75 Å². The molecule has 0 aliphatic heterocycles.